The van der Waals surface area contributed by atoms with Gasteiger partial charge in [0.25, 0.3) is 5.91 Å². The molecular formula is C40H53FN4O4. The molecule has 3 aromatic rings. The number of benzene rings is 3. The molecule has 1 amide bonds. The van der Waals surface area contributed by atoms with E-state index in [2.05, 4.69) is 28.5 Å². The first-order valence-corrected chi connectivity index (χ1v) is 18.0. The third-order valence-electron chi connectivity index (χ3n) is 10.3. The van der Waals surface area contributed by atoms with Gasteiger partial charge in [-0.15, -0.1) is 0 Å². The maximum atomic E-state index is 15.2. The summed E-state index contributed by atoms with van der Waals surface area (Å²) in [4.78, 5) is 34.3. The molecule has 0 aliphatic carbocycles. The normalized spacial score (nSPS) is 17.3. The Balaban J connectivity index is 1.02. The number of likely N-dealkylation sites (tertiary alicyclic amines) is 2. The van der Waals surface area contributed by atoms with E-state index in [-0.39, 0.29) is 35.9 Å². The van der Waals surface area contributed by atoms with Crippen molar-refractivity contribution in [3.63, 3.8) is 0 Å². The molecule has 2 saturated heterocycles. The fraction of sp³-hybridized carbons (Fsp3) is 0.500. The summed E-state index contributed by atoms with van der Waals surface area (Å²) < 4.78 is 21.1. The van der Waals surface area contributed by atoms with Gasteiger partial charge < -0.3 is 19.6 Å². The number of hydrogen-bond acceptors (Lipinski definition) is 7. The summed E-state index contributed by atoms with van der Waals surface area (Å²) in [5.74, 6) is -0.771. The molecule has 3 aromatic carbocycles. The monoisotopic (exact) mass is 672 g/mol. The number of nitrogens with zero attached hydrogens (tertiary/aromatic N) is 4. The number of rotatable bonds is 14. The van der Waals surface area contributed by atoms with E-state index in [1.54, 1.807) is 18.0 Å². The van der Waals surface area contributed by atoms with E-state index >= 15 is 4.39 Å². The van der Waals surface area contributed by atoms with Gasteiger partial charge in [0.2, 0.25) is 0 Å². The number of esters is 1. The zero-order valence-electron chi connectivity index (χ0n) is 29.4. The number of piperidine rings is 2. The average Bonchev–Trinajstić information content (AvgIpc) is 3.12. The number of hydrogen-bond donors (Lipinski definition) is 1. The summed E-state index contributed by atoms with van der Waals surface area (Å²) in [6.07, 6.45) is 3.01. The Morgan fingerprint density at radius 3 is 2.22 bits per heavy atom. The number of amides is 1. The topological polar surface area (TPSA) is 76.6 Å². The van der Waals surface area contributed by atoms with Crippen molar-refractivity contribution in [2.75, 3.05) is 59.4 Å². The van der Waals surface area contributed by atoms with Gasteiger partial charge in [-0.2, -0.15) is 0 Å². The quantitative estimate of drug-likeness (QED) is 0.174. The Hall–Kier alpha value is -3.63. The highest BCUT2D eigenvalue weighted by molar-refractivity contribution is 5.94. The lowest BCUT2D eigenvalue weighted by molar-refractivity contribution is -0.150. The Labute approximate surface area is 291 Å². The number of halogens is 1. The second-order valence-electron chi connectivity index (χ2n) is 13.5. The van der Waals surface area contributed by atoms with Crippen molar-refractivity contribution in [3.05, 3.63) is 95.3 Å². The second-order valence-corrected chi connectivity index (χ2v) is 13.5. The minimum Gasteiger partial charge on any atom is -0.462 e. The Kier molecular flexibility index (Phi) is 13.4. The molecule has 1 unspecified atom stereocenters. The lowest BCUT2D eigenvalue weighted by Crippen LogP contribution is -2.45. The molecule has 5 rings (SSSR count). The van der Waals surface area contributed by atoms with Crippen LogP contribution < -0.4 is 0 Å². The third kappa shape index (κ3) is 9.97. The van der Waals surface area contributed by atoms with Crippen molar-refractivity contribution in [1.29, 1.82) is 0 Å². The van der Waals surface area contributed by atoms with Crippen LogP contribution in [0.25, 0.3) is 11.1 Å². The molecule has 2 aliphatic rings. The van der Waals surface area contributed by atoms with Crippen LogP contribution in [0, 0.1) is 11.7 Å². The average molecular weight is 673 g/mol. The van der Waals surface area contributed by atoms with Gasteiger partial charge in [0.15, 0.2) is 0 Å². The molecule has 2 heterocycles. The highest BCUT2D eigenvalue weighted by atomic mass is 19.1. The fourth-order valence-corrected chi connectivity index (χ4v) is 7.20. The van der Waals surface area contributed by atoms with Crippen LogP contribution in [0.2, 0.25) is 0 Å². The zero-order valence-corrected chi connectivity index (χ0v) is 29.4. The maximum Gasteiger partial charge on any atom is 0.310 e. The van der Waals surface area contributed by atoms with Gasteiger partial charge >= 0.3 is 5.97 Å². The van der Waals surface area contributed by atoms with Gasteiger partial charge in [-0.25, -0.2) is 4.39 Å². The predicted octanol–water partition coefficient (Wildman–Crippen LogP) is 5.69. The first kappa shape index (κ1) is 36.6. The first-order chi connectivity index (χ1) is 23.7. The molecule has 1 atom stereocenters. The largest absolute Gasteiger partial charge is 0.462 e. The van der Waals surface area contributed by atoms with E-state index in [1.165, 1.54) is 6.07 Å². The van der Waals surface area contributed by atoms with Crippen molar-refractivity contribution in [2.45, 2.75) is 64.8 Å². The molecule has 0 saturated carbocycles. The van der Waals surface area contributed by atoms with Crippen LogP contribution in [0.3, 0.4) is 0 Å². The lowest BCUT2D eigenvalue weighted by Gasteiger charge is -2.38. The number of ether oxygens (including phenoxy) is 1. The van der Waals surface area contributed by atoms with Crippen molar-refractivity contribution in [2.24, 2.45) is 5.92 Å². The minimum atomic E-state index is -0.491. The van der Waals surface area contributed by atoms with Gasteiger partial charge in [0, 0.05) is 45.7 Å². The molecule has 1 N–H and O–H groups in total. The van der Waals surface area contributed by atoms with Gasteiger partial charge in [-0.3, -0.25) is 19.4 Å². The predicted molar refractivity (Wildman–Crippen MR) is 191 cm³/mol. The molecule has 0 spiro atoms. The van der Waals surface area contributed by atoms with Crippen LogP contribution in [0.15, 0.2) is 72.8 Å². The van der Waals surface area contributed by atoms with Crippen LogP contribution in [0.1, 0.15) is 61.0 Å². The summed E-state index contributed by atoms with van der Waals surface area (Å²) in [7, 11) is 1.72. The molecular weight excluding hydrogens is 619 g/mol. The molecule has 0 bridgehead atoms. The van der Waals surface area contributed by atoms with Gasteiger partial charge in [-0.05, 0) is 86.2 Å². The smallest absolute Gasteiger partial charge is 0.310 e. The van der Waals surface area contributed by atoms with Crippen LogP contribution >= 0.6 is 0 Å². The molecule has 8 nitrogen and oxygen atoms in total. The van der Waals surface area contributed by atoms with Crippen molar-refractivity contribution in [3.8, 4) is 11.1 Å². The number of carbonyl (C=O) groups excluding carboxylic acids is 2. The molecule has 0 aromatic heterocycles. The third-order valence-corrected chi connectivity index (χ3v) is 10.3. The van der Waals surface area contributed by atoms with E-state index in [0.717, 1.165) is 87.2 Å². The zero-order chi connectivity index (χ0) is 34.8. The van der Waals surface area contributed by atoms with Gasteiger partial charge in [0.05, 0.1) is 12.0 Å². The maximum absolute atomic E-state index is 15.2. The van der Waals surface area contributed by atoms with E-state index in [9.17, 15) is 14.7 Å². The van der Waals surface area contributed by atoms with Crippen LogP contribution in [-0.4, -0.2) is 108 Å². The summed E-state index contributed by atoms with van der Waals surface area (Å²) >= 11 is 0. The molecule has 2 fully saturated rings. The standard InChI is InChI=1S/C40H53FN4O4/c1-4-45(5-2)39(47)32-17-21-44(22-18-32)29-30-15-16-36(37(41)27-30)40(48)42(3)25-26-43-23-19-34(20-24-43)49-38(46)28-33-13-9-10-14-35(33)31-11-7-6-8-12-31/h6-16,27,32,34,39,47H,4-5,17-26,28-29H2,1-3H3. The van der Waals surface area contributed by atoms with Gasteiger partial charge in [0.1, 0.15) is 18.1 Å². The van der Waals surface area contributed by atoms with Crippen LogP contribution in [-0.2, 0) is 22.5 Å². The van der Waals surface area contributed by atoms with E-state index in [4.69, 9.17) is 4.74 Å². The lowest BCUT2D eigenvalue weighted by atomic mass is 9.94. The fourth-order valence-electron chi connectivity index (χ4n) is 7.20. The van der Waals surface area contributed by atoms with Crippen molar-refractivity contribution >= 4 is 11.9 Å². The Morgan fingerprint density at radius 1 is 0.898 bits per heavy atom. The molecule has 9 heteroatoms. The van der Waals surface area contributed by atoms with E-state index in [1.807, 2.05) is 60.7 Å². The van der Waals surface area contributed by atoms with Crippen LogP contribution in [0.5, 0.6) is 0 Å². The number of aliphatic hydroxyl groups excluding tert-OH is 1. The molecule has 2 aliphatic heterocycles. The second kappa shape index (κ2) is 17.9. The van der Waals surface area contributed by atoms with E-state index < -0.39 is 12.0 Å². The van der Waals surface area contributed by atoms with E-state index in [0.29, 0.717) is 19.6 Å². The Bertz CT molecular complexity index is 1500. The molecule has 0 radical (unpaired) electrons. The molecule has 49 heavy (non-hydrogen) atoms. The van der Waals surface area contributed by atoms with Crippen molar-refractivity contribution < 1.29 is 23.8 Å². The minimum absolute atomic E-state index is 0.0896. The SMILES string of the molecule is CCN(CC)C(O)C1CCN(Cc2ccc(C(=O)N(C)CCN3CCC(OC(=O)Cc4ccccc4-c4ccccc4)CC3)c(F)c2)CC1. The summed E-state index contributed by atoms with van der Waals surface area (Å²) in [6, 6.07) is 23.0. The highest BCUT2D eigenvalue weighted by Crippen LogP contribution is 2.26. The highest BCUT2D eigenvalue weighted by Gasteiger charge is 2.29. The van der Waals surface area contributed by atoms with Crippen molar-refractivity contribution in [1.82, 2.24) is 19.6 Å². The van der Waals surface area contributed by atoms with Gasteiger partial charge in [-0.1, -0.05) is 74.5 Å². The number of likely N-dealkylation sites (N-methyl/N-ethyl adjacent to an activating group) is 1. The summed E-state index contributed by atoms with van der Waals surface area (Å²) in [5.41, 5.74) is 4.02. The summed E-state index contributed by atoms with van der Waals surface area (Å²) in [6.45, 7) is 10.9. The van der Waals surface area contributed by atoms with Crippen LogP contribution in [0.4, 0.5) is 4.39 Å². The summed E-state index contributed by atoms with van der Waals surface area (Å²) in [5, 5.41) is 10.7. The first-order valence-electron chi connectivity index (χ1n) is 18.0. The molecule has 264 valence electrons. The number of carbonyl (C=O) groups is 2. The number of aliphatic hydroxyl groups is 1. The Morgan fingerprint density at radius 2 is 1.55 bits per heavy atom.